The molecule has 10 rings (SSSR count). The lowest BCUT2D eigenvalue weighted by atomic mass is 9.95. The van der Waals surface area contributed by atoms with E-state index in [4.69, 9.17) is 19.4 Å². The van der Waals surface area contributed by atoms with Crippen molar-refractivity contribution in [2.24, 2.45) is 0 Å². The van der Waals surface area contributed by atoms with Crippen molar-refractivity contribution in [1.29, 1.82) is 0 Å². The summed E-state index contributed by atoms with van der Waals surface area (Å²) >= 11 is 1.78. The van der Waals surface area contributed by atoms with Crippen LogP contribution in [0.2, 0.25) is 0 Å². The fourth-order valence-corrected chi connectivity index (χ4v) is 8.20. The second kappa shape index (κ2) is 10.7. The van der Waals surface area contributed by atoms with Gasteiger partial charge in [0.25, 0.3) is 0 Å². The molecule has 0 radical (unpaired) electrons. The number of furan rings is 1. The Bertz CT molecular complexity index is 2860. The summed E-state index contributed by atoms with van der Waals surface area (Å²) in [5.74, 6) is 1.93. The van der Waals surface area contributed by atoms with Gasteiger partial charge in [-0.05, 0) is 46.2 Å². The normalized spacial score (nSPS) is 11.8. The first-order valence-electron chi connectivity index (χ1n) is 15.9. The van der Waals surface area contributed by atoms with E-state index in [2.05, 4.69) is 133 Å². The zero-order valence-corrected chi connectivity index (χ0v) is 26.4. The first kappa shape index (κ1) is 27.0. The smallest absolute Gasteiger partial charge is 0.165 e. The lowest BCUT2D eigenvalue weighted by Crippen LogP contribution is -2.01. The van der Waals surface area contributed by atoms with Crippen molar-refractivity contribution < 1.29 is 4.42 Å². The van der Waals surface area contributed by atoms with Crippen LogP contribution in [0.3, 0.4) is 0 Å². The van der Waals surface area contributed by atoms with E-state index >= 15 is 0 Å². The number of rotatable bonds is 4. The highest BCUT2D eigenvalue weighted by atomic mass is 32.1. The van der Waals surface area contributed by atoms with Crippen molar-refractivity contribution in [2.75, 3.05) is 0 Å². The minimum atomic E-state index is 0.626. The Kier molecular flexibility index (Phi) is 6.01. The largest absolute Gasteiger partial charge is 0.456 e. The lowest BCUT2D eigenvalue weighted by molar-refractivity contribution is 0.669. The van der Waals surface area contributed by atoms with Gasteiger partial charge in [-0.15, -0.1) is 11.3 Å². The molecule has 0 aliphatic carbocycles. The number of fused-ring (bicyclic) bond motifs is 7. The zero-order chi connectivity index (χ0) is 31.6. The summed E-state index contributed by atoms with van der Waals surface area (Å²) in [7, 11) is 0. The topological polar surface area (TPSA) is 51.8 Å². The maximum absolute atomic E-state index is 6.28. The Morgan fingerprint density at radius 2 is 0.917 bits per heavy atom. The number of benzene rings is 7. The van der Waals surface area contributed by atoms with E-state index in [-0.39, 0.29) is 0 Å². The molecule has 0 bridgehead atoms. The van der Waals surface area contributed by atoms with E-state index < -0.39 is 0 Å². The molecule has 0 fully saturated rings. The van der Waals surface area contributed by atoms with Crippen molar-refractivity contribution in [3.05, 3.63) is 152 Å². The molecule has 0 saturated heterocycles. The molecule has 0 aliphatic heterocycles. The number of hydrogen-bond donors (Lipinski definition) is 0. The molecule has 5 heteroatoms. The summed E-state index contributed by atoms with van der Waals surface area (Å²) in [4.78, 5) is 15.7. The molecule has 3 heterocycles. The third-order valence-electron chi connectivity index (χ3n) is 9.17. The van der Waals surface area contributed by atoms with Gasteiger partial charge >= 0.3 is 0 Å². The van der Waals surface area contributed by atoms with E-state index in [1.54, 1.807) is 11.3 Å². The second-order valence-corrected chi connectivity index (χ2v) is 13.0. The molecule has 0 N–H and O–H groups in total. The second-order valence-electron chi connectivity index (χ2n) is 11.9. The van der Waals surface area contributed by atoms with Crippen LogP contribution >= 0.6 is 11.3 Å². The summed E-state index contributed by atoms with van der Waals surface area (Å²) in [5, 5.41) is 6.87. The van der Waals surface area contributed by atoms with Crippen LogP contribution in [-0.4, -0.2) is 15.0 Å². The molecule has 0 amide bonds. The molecule has 7 aromatic carbocycles. The molecule has 0 spiro atoms. The minimum Gasteiger partial charge on any atom is -0.456 e. The molecular formula is C43H25N3OS. The summed E-state index contributed by atoms with van der Waals surface area (Å²) in [6.45, 7) is 0. The monoisotopic (exact) mass is 631 g/mol. The van der Waals surface area contributed by atoms with Crippen LogP contribution < -0.4 is 0 Å². The molecule has 0 aliphatic rings. The number of thiophene rings is 1. The average molecular weight is 632 g/mol. The van der Waals surface area contributed by atoms with E-state index in [1.807, 2.05) is 18.2 Å². The molecule has 0 saturated carbocycles. The number of nitrogens with zero attached hydrogens (tertiary/aromatic N) is 3. The van der Waals surface area contributed by atoms with E-state index in [9.17, 15) is 0 Å². The van der Waals surface area contributed by atoms with E-state index in [0.717, 1.165) is 60.5 Å². The molecular weight excluding hydrogens is 607 g/mol. The first-order chi connectivity index (χ1) is 23.8. The van der Waals surface area contributed by atoms with Gasteiger partial charge in [-0.25, -0.2) is 15.0 Å². The highest BCUT2D eigenvalue weighted by molar-refractivity contribution is 7.26. The first-order valence-corrected chi connectivity index (χ1v) is 16.8. The molecule has 48 heavy (non-hydrogen) atoms. The molecule has 10 aromatic rings. The number of hydrogen-bond acceptors (Lipinski definition) is 5. The quantitative estimate of drug-likeness (QED) is 0.194. The van der Waals surface area contributed by atoms with Gasteiger partial charge in [0.05, 0.1) is 0 Å². The molecule has 0 unspecified atom stereocenters. The lowest BCUT2D eigenvalue weighted by Gasteiger charge is -2.14. The van der Waals surface area contributed by atoms with E-state index in [0.29, 0.717) is 17.5 Å². The van der Waals surface area contributed by atoms with Crippen molar-refractivity contribution >= 4 is 64.2 Å². The van der Waals surface area contributed by atoms with Crippen LogP contribution in [0.25, 0.3) is 98.2 Å². The highest BCUT2D eigenvalue weighted by Crippen LogP contribution is 2.42. The van der Waals surface area contributed by atoms with Gasteiger partial charge < -0.3 is 4.42 Å². The third kappa shape index (κ3) is 4.18. The van der Waals surface area contributed by atoms with Gasteiger partial charge in [0.1, 0.15) is 11.2 Å². The van der Waals surface area contributed by atoms with Crippen LogP contribution in [0.5, 0.6) is 0 Å². The van der Waals surface area contributed by atoms with Crippen LogP contribution in [0, 0.1) is 0 Å². The van der Waals surface area contributed by atoms with Gasteiger partial charge in [0.2, 0.25) is 0 Å². The van der Waals surface area contributed by atoms with Gasteiger partial charge in [0.15, 0.2) is 17.5 Å². The van der Waals surface area contributed by atoms with Gasteiger partial charge in [-0.2, -0.15) is 0 Å². The summed E-state index contributed by atoms with van der Waals surface area (Å²) in [5.41, 5.74) is 6.75. The number of aromatic nitrogens is 3. The van der Waals surface area contributed by atoms with Crippen molar-refractivity contribution in [3.8, 4) is 45.3 Å². The van der Waals surface area contributed by atoms with Crippen LogP contribution in [-0.2, 0) is 0 Å². The fraction of sp³-hybridized carbons (Fsp3) is 0. The number of para-hydroxylation sites is 1. The molecule has 4 nitrogen and oxygen atoms in total. The zero-order valence-electron chi connectivity index (χ0n) is 25.6. The predicted octanol–water partition coefficient (Wildman–Crippen LogP) is 12.0. The standard InChI is InChI=1S/C43H25N3OS/c1-2-14-27-26(12-1)13-9-21-32(27)41-44-42(46-43(45-41)35-22-10-20-31-29-16-6-8-25-38(29)48-40(31)35)33-17-4-3-15-28(33)30-19-11-24-37-39(30)34-18-5-7-23-36(34)47-37/h1-25H. The summed E-state index contributed by atoms with van der Waals surface area (Å²) < 4.78 is 8.69. The maximum atomic E-state index is 6.28. The molecule has 3 aromatic heterocycles. The van der Waals surface area contributed by atoms with Crippen LogP contribution in [0.15, 0.2) is 156 Å². The Balaban J connectivity index is 1.27. The predicted molar refractivity (Wildman–Crippen MR) is 199 cm³/mol. The van der Waals surface area contributed by atoms with Crippen molar-refractivity contribution in [1.82, 2.24) is 15.0 Å². The Morgan fingerprint density at radius 1 is 0.375 bits per heavy atom. The van der Waals surface area contributed by atoms with Crippen LogP contribution in [0.1, 0.15) is 0 Å². The van der Waals surface area contributed by atoms with Crippen molar-refractivity contribution in [2.45, 2.75) is 0 Å². The Hall–Kier alpha value is -6.17. The van der Waals surface area contributed by atoms with Gasteiger partial charge in [-0.3, -0.25) is 0 Å². The van der Waals surface area contributed by atoms with Gasteiger partial charge in [-0.1, -0.05) is 127 Å². The molecule has 0 atom stereocenters. The van der Waals surface area contributed by atoms with Crippen molar-refractivity contribution in [3.63, 3.8) is 0 Å². The van der Waals surface area contributed by atoms with Gasteiger partial charge in [0, 0.05) is 47.6 Å². The van der Waals surface area contributed by atoms with Crippen LogP contribution in [0.4, 0.5) is 0 Å². The third-order valence-corrected chi connectivity index (χ3v) is 10.4. The Morgan fingerprint density at radius 3 is 1.81 bits per heavy atom. The fourth-order valence-electron chi connectivity index (χ4n) is 6.99. The highest BCUT2D eigenvalue weighted by Gasteiger charge is 2.21. The summed E-state index contributed by atoms with van der Waals surface area (Å²) in [6, 6.07) is 52.6. The maximum Gasteiger partial charge on any atom is 0.165 e. The average Bonchev–Trinajstić information content (AvgIpc) is 3.73. The SMILES string of the molecule is c1ccc(-c2cccc3oc4ccccc4c23)c(-c2nc(-c3cccc4ccccc34)nc(-c3cccc4c3sc3ccccc34)n2)c1. The van der Waals surface area contributed by atoms with E-state index in [1.165, 1.54) is 20.2 Å². The minimum absolute atomic E-state index is 0.626. The Labute approximate surface area is 279 Å². The summed E-state index contributed by atoms with van der Waals surface area (Å²) in [6.07, 6.45) is 0. The molecule has 224 valence electrons.